The molecule has 2 aliphatic carbocycles. The second kappa shape index (κ2) is 13.4. The number of rotatable bonds is 7. The van der Waals surface area contributed by atoms with Crippen molar-refractivity contribution in [2.75, 3.05) is 4.90 Å². The number of hydrogen-bond donors (Lipinski definition) is 0. The summed E-state index contributed by atoms with van der Waals surface area (Å²) in [5.74, 6) is 0.408. The highest BCUT2D eigenvalue weighted by Crippen LogP contribution is 2.53. The fourth-order valence-corrected chi connectivity index (χ4v) is 8.69. The molecular formula is C52H43N. The zero-order chi connectivity index (χ0) is 35.9. The number of hydrogen-bond acceptors (Lipinski definition) is 1. The van der Waals surface area contributed by atoms with Crippen LogP contribution in [0.2, 0.25) is 0 Å². The van der Waals surface area contributed by atoms with Crippen molar-refractivity contribution in [3.05, 3.63) is 205 Å². The van der Waals surface area contributed by atoms with Crippen LogP contribution < -0.4 is 4.90 Å². The van der Waals surface area contributed by atoms with Crippen LogP contribution in [0.5, 0.6) is 0 Å². The van der Waals surface area contributed by atoms with E-state index in [9.17, 15) is 0 Å². The highest BCUT2D eigenvalue weighted by atomic mass is 15.1. The first-order chi connectivity index (χ1) is 26.0. The van der Waals surface area contributed by atoms with E-state index < -0.39 is 0 Å². The van der Waals surface area contributed by atoms with Crippen molar-refractivity contribution in [2.24, 2.45) is 5.92 Å². The minimum absolute atomic E-state index is 0.132. The Bertz CT molecular complexity index is 2520. The Morgan fingerprint density at radius 1 is 0.491 bits per heavy atom. The Labute approximate surface area is 314 Å². The predicted octanol–water partition coefficient (Wildman–Crippen LogP) is 14.4. The molecule has 1 atom stereocenters. The van der Waals surface area contributed by atoms with E-state index >= 15 is 0 Å². The number of anilines is 3. The average molecular weight is 682 g/mol. The van der Waals surface area contributed by atoms with Crippen molar-refractivity contribution in [3.8, 4) is 44.5 Å². The summed E-state index contributed by atoms with van der Waals surface area (Å²) in [6.07, 6.45) is 7.87. The third kappa shape index (κ3) is 5.65. The number of fused-ring (bicyclic) bond motifs is 3. The summed E-state index contributed by atoms with van der Waals surface area (Å²) in [6, 6.07) is 62.6. The highest BCUT2D eigenvalue weighted by Gasteiger charge is 2.36. The van der Waals surface area contributed by atoms with Crippen LogP contribution >= 0.6 is 0 Å². The summed E-state index contributed by atoms with van der Waals surface area (Å²) in [4.78, 5) is 2.55. The zero-order valence-electron chi connectivity index (χ0n) is 30.6. The van der Waals surface area contributed by atoms with Crippen LogP contribution in [0.1, 0.15) is 43.9 Å². The molecule has 0 N–H and O–H groups in total. The summed E-state index contributed by atoms with van der Waals surface area (Å²) < 4.78 is 0. The molecule has 0 fully saturated rings. The van der Waals surface area contributed by atoms with Gasteiger partial charge in [-0.2, -0.15) is 0 Å². The van der Waals surface area contributed by atoms with Crippen molar-refractivity contribution in [1.29, 1.82) is 0 Å². The second-order valence-electron chi connectivity index (χ2n) is 14.9. The minimum atomic E-state index is -0.132. The fourth-order valence-electron chi connectivity index (χ4n) is 8.69. The van der Waals surface area contributed by atoms with Gasteiger partial charge in [-0.15, -0.1) is 0 Å². The average Bonchev–Trinajstić information content (AvgIpc) is 3.44. The smallest absolute Gasteiger partial charge is 0.0546 e. The first-order valence-corrected chi connectivity index (χ1v) is 18.8. The van der Waals surface area contributed by atoms with E-state index in [0.717, 1.165) is 17.8 Å². The Morgan fingerprint density at radius 2 is 1.06 bits per heavy atom. The van der Waals surface area contributed by atoms with Crippen LogP contribution in [0.3, 0.4) is 0 Å². The molecule has 1 unspecified atom stereocenters. The lowest BCUT2D eigenvalue weighted by Crippen LogP contribution is -2.18. The molecular weight excluding hydrogens is 639 g/mol. The van der Waals surface area contributed by atoms with E-state index in [1.165, 1.54) is 72.5 Å². The van der Waals surface area contributed by atoms with E-state index in [-0.39, 0.29) is 5.41 Å². The molecule has 7 aromatic rings. The summed E-state index contributed by atoms with van der Waals surface area (Å²) in [6.45, 7) is 7.10. The maximum atomic E-state index is 2.55. The van der Waals surface area contributed by atoms with E-state index in [4.69, 9.17) is 0 Å². The molecule has 9 rings (SSSR count). The minimum Gasteiger partial charge on any atom is -0.309 e. The first kappa shape index (κ1) is 32.7. The molecule has 1 heteroatoms. The first-order valence-electron chi connectivity index (χ1n) is 18.8. The summed E-state index contributed by atoms with van der Waals surface area (Å²) in [5, 5.41) is 0. The van der Waals surface area contributed by atoms with Crippen molar-refractivity contribution < 1.29 is 0 Å². The molecule has 0 aromatic heterocycles. The van der Waals surface area contributed by atoms with Crippen molar-refractivity contribution in [3.63, 3.8) is 0 Å². The number of nitrogens with zero attached hydrogens (tertiary/aromatic N) is 1. The van der Waals surface area contributed by atoms with Crippen molar-refractivity contribution in [2.45, 2.75) is 32.6 Å². The Hall–Kier alpha value is -6.18. The molecule has 0 amide bonds. The van der Waals surface area contributed by atoms with Gasteiger partial charge >= 0.3 is 0 Å². The van der Waals surface area contributed by atoms with Gasteiger partial charge in [0.25, 0.3) is 0 Å². The van der Waals surface area contributed by atoms with Crippen LogP contribution in [0, 0.1) is 5.92 Å². The third-order valence-corrected chi connectivity index (χ3v) is 11.4. The molecule has 0 saturated carbocycles. The highest BCUT2D eigenvalue weighted by molar-refractivity contribution is 6.02. The lowest BCUT2D eigenvalue weighted by atomic mass is 9.82. The standard InChI is InChI=1S/C52H43N/c1-36-19-10-11-24-40(36)45-27-15-17-31-49(45)53(39-33-34-44-43-26-14-16-30-47(43)52(2,3)48(44)35-39)50-32-18-29-42(38-22-8-5-9-23-38)51(50)46-28-13-12-25-41(46)37-20-6-4-7-21-37/h4-18,20-36H,19H2,1-3H3. The zero-order valence-corrected chi connectivity index (χ0v) is 30.6. The molecule has 53 heavy (non-hydrogen) atoms. The van der Waals surface area contributed by atoms with Gasteiger partial charge in [0.15, 0.2) is 0 Å². The molecule has 0 heterocycles. The van der Waals surface area contributed by atoms with Gasteiger partial charge in [0.1, 0.15) is 0 Å². The van der Waals surface area contributed by atoms with Crippen LogP contribution in [-0.4, -0.2) is 0 Å². The SMILES string of the molecule is CC1CC=CC=C1c1ccccc1N(c1ccc2c(c1)C(C)(C)c1ccccc1-2)c1cccc(-c2ccccc2)c1-c1ccccc1-c1ccccc1. The Morgan fingerprint density at radius 3 is 1.79 bits per heavy atom. The molecule has 7 aromatic carbocycles. The van der Waals surface area contributed by atoms with Crippen LogP contribution in [0.15, 0.2) is 188 Å². The number of allylic oxidation sites excluding steroid dienone is 4. The predicted molar refractivity (Wildman–Crippen MR) is 226 cm³/mol. The molecule has 256 valence electrons. The fraction of sp³-hybridized carbons (Fsp3) is 0.115. The Balaban J connectivity index is 1.37. The molecule has 0 spiro atoms. The number of para-hydroxylation sites is 1. The summed E-state index contributed by atoms with van der Waals surface area (Å²) in [5.41, 5.74) is 18.6. The van der Waals surface area contributed by atoms with E-state index in [1.54, 1.807) is 0 Å². The van der Waals surface area contributed by atoms with Gasteiger partial charge < -0.3 is 4.90 Å². The molecule has 0 saturated heterocycles. The Kier molecular flexibility index (Phi) is 8.28. The topological polar surface area (TPSA) is 3.24 Å². The van der Waals surface area contributed by atoms with E-state index in [2.05, 4.69) is 214 Å². The van der Waals surface area contributed by atoms with Gasteiger partial charge in [0.2, 0.25) is 0 Å². The van der Waals surface area contributed by atoms with Gasteiger partial charge in [-0.1, -0.05) is 185 Å². The summed E-state index contributed by atoms with van der Waals surface area (Å²) >= 11 is 0. The quantitative estimate of drug-likeness (QED) is 0.162. The lowest BCUT2D eigenvalue weighted by molar-refractivity contribution is 0.660. The van der Waals surface area contributed by atoms with E-state index in [1.807, 2.05) is 0 Å². The molecule has 0 aliphatic heterocycles. The monoisotopic (exact) mass is 681 g/mol. The molecule has 0 radical (unpaired) electrons. The van der Waals surface area contributed by atoms with Gasteiger partial charge in [-0.05, 0) is 92.2 Å². The summed E-state index contributed by atoms with van der Waals surface area (Å²) in [7, 11) is 0. The van der Waals surface area contributed by atoms with Crippen LogP contribution in [0.4, 0.5) is 17.1 Å². The van der Waals surface area contributed by atoms with Crippen LogP contribution in [0.25, 0.3) is 50.1 Å². The maximum absolute atomic E-state index is 2.55. The lowest BCUT2D eigenvalue weighted by Gasteiger charge is -2.33. The molecule has 2 aliphatic rings. The number of benzene rings is 7. The van der Waals surface area contributed by atoms with Gasteiger partial charge in [-0.25, -0.2) is 0 Å². The third-order valence-electron chi connectivity index (χ3n) is 11.4. The van der Waals surface area contributed by atoms with Crippen LogP contribution in [-0.2, 0) is 5.41 Å². The van der Waals surface area contributed by atoms with Gasteiger partial charge in [0, 0.05) is 22.2 Å². The maximum Gasteiger partial charge on any atom is 0.0546 e. The van der Waals surface area contributed by atoms with Gasteiger partial charge in [-0.3, -0.25) is 0 Å². The molecule has 1 nitrogen and oxygen atoms in total. The van der Waals surface area contributed by atoms with E-state index in [0.29, 0.717) is 5.92 Å². The largest absolute Gasteiger partial charge is 0.309 e. The van der Waals surface area contributed by atoms with Crippen molar-refractivity contribution in [1.82, 2.24) is 0 Å². The molecule has 0 bridgehead atoms. The van der Waals surface area contributed by atoms with Gasteiger partial charge in [0.05, 0.1) is 11.4 Å². The second-order valence-corrected chi connectivity index (χ2v) is 14.9. The van der Waals surface area contributed by atoms with Crippen molar-refractivity contribution >= 4 is 22.6 Å². The normalized spacial score (nSPS) is 15.4.